The quantitative estimate of drug-likeness (QED) is 0.371. The number of fused-ring (bicyclic) bond motifs is 4. The summed E-state index contributed by atoms with van der Waals surface area (Å²) in [5.74, 6) is -3.17. The standard InChI is InChI=1S/C11H10O6/c1-10-4(5(10)7(13)16-3-12)6-8(14)17-9(15)11(6,10)2/h3-6H,1-2H3. The average molecular weight is 238 g/mol. The predicted molar refractivity (Wildman–Crippen MR) is 49.9 cm³/mol. The second kappa shape index (κ2) is 2.57. The molecular formula is C11H10O6. The molecular weight excluding hydrogens is 228 g/mol. The molecule has 3 fully saturated rings. The lowest BCUT2D eigenvalue weighted by molar-refractivity contribution is -0.157. The van der Waals surface area contributed by atoms with Gasteiger partial charge >= 0.3 is 24.4 Å². The monoisotopic (exact) mass is 238 g/mol. The van der Waals surface area contributed by atoms with Crippen LogP contribution in [-0.4, -0.2) is 24.4 Å². The predicted octanol–water partition coefficient (Wildman–Crippen LogP) is -0.342. The van der Waals surface area contributed by atoms with Crippen LogP contribution in [0, 0.1) is 28.6 Å². The molecule has 5 atom stereocenters. The zero-order valence-electron chi connectivity index (χ0n) is 9.26. The molecule has 2 aliphatic carbocycles. The lowest BCUT2D eigenvalue weighted by Crippen LogP contribution is -2.49. The van der Waals surface area contributed by atoms with E-state index in [1.807, 2.05) is 0 Å². The van der Waals surface area contributed by atoms with Crippen LogP contribution in [0.5, 0.6) is 0 Å². The molecule has 1 heterocycles. The first-order chi connectivity index (χ1) is 7.90. The van der Waals surface area contributed by atoms with Crippen LogP contribution in [0.2, 0.25) is 0 Å². The maximum atomic E-state index is 11.7. The summed E-state index contributed by atoms with van der Waals surface area (Å²) in [7, 11) is 0. The van der Waals surface area contributed by atoms with Gasteiger partial charge in [-0.05, 0) is 12.8 Å². The fraction of sp³-hybridized carbons (Fsp3) is 0.636. The number of hydrogen-bond acceptors (Lipinski definition) is 6. The fourth-order valence-corrected chi connectivity index (χ4v) is 3.85. The van der Waals surface area contributed by atoms with Crippen molar-refractivity contribution in [1.82, 2.24) is 0 Å². The Balaban J connectivity index is 1.95. The van der Waals surface area contributed by atoms with Gasteiger partial charge in [0.15, 0.2) is 0 Å². The summed E-state index contributed by atoms with van der Waals surface area (Å²) in [5, 5.41) is 0. The van der Waals surface area contributed by atoms with E-state index in [1.54, 1.807) is 13.8 Å². The molecule has 6 nitrogen and oxygen atoms in total. The second-order valence-electron chi connectivity index (χ2n) is 5.21. The number of hydrogen-bond donors (Lipinski definition) is 0. The van der Waals surface area contributed by atoms with Gasteiger partial charge in [0, 0.05) is 5.41 Å². The highest BCUT2D eigenvalue weighted by Crippen LogP contribution is 2.85. The first-order valence-electron chi connectivity index (χ1n) is 5.31. The van der Waals surface area contributed by atoms with Gasteiger partial charge in [-0.15, -0.1) is 0 Å². The third-order valence-electron chi connectivity index (χ3n) is 4.98. The second-order valence-corrected chi connectivity index (χ2v) is 5.21. The van der Waals surface area contributed by atoms with E-state index in [1.165, 1.54) is 0 Å². The summed E-state index contributed by atoms with van der Waals surface area (Å²) in [5.41, 5.74) is -1.55. The summed E-state index contributed by atoms with van der Waals surface area (Å²) in [4.78, 5) is 44.8. The Hall–Kier alpha value is -1.72. The van der Waals surface area contributed by atoms with Crippen LogP contribution in [0.3, 0.4) is 0 Å². The zero-order valence-corrected chi connectivity index (χ0v) is 9.26. The van der Waals surface area contributed by atoms with Crippen molar-refractivity contribution in [3.05, 3.63) is 0 Å². The van der Waals surface area contributed by atoms with Crippen molar-refractivity contribution in [2.45, 2.75) is 13.8 Å². The Morgan fingerprint density at radius 3 is 2.59 bits per heavy atom. The summed E-state index contributed by atoms with van der Waals surface area (Å²) < 4.78 is 8.92. The summed E-state index contributed by atoms with van der Waals surface area (Å²) in [6.07, 6.45) is 0. The van der Waals surface area contributed by atoms with Crippen LogP contribution < -0.4 is 0 Å². The van der Waals surface area contributed by atoms with Crippen molar-refractivity contribution in [3.63, 3.8) is 0 Å². The molecule has 90 valence electrons. The lowest BCUT2D eigenvalue weighted by Gasteiger charge is -2.41. The fourth-order valence-electron chi connectivity index (χ4n) is 3.85. The number of cyclic esters (lactones) is 2. The van der Waals surface area contributed by atoms with Gasteiger partial charge in [0.2, 0.25) is 0 Å². The van der Waals surface area contributed by atoms with Crippen LogP contribution >= 0.6 is 0 Å². The number of carbonyl (C=O) groups excluding carboxylic acids is 4. The molecule has 0 spiro atoms. The van der Waals surface area contributed by atoms with E-state index in [0.717, 1.165) is 0 Å². The molecule has 0 aromatic heterocycles. The Morgan fingerprint density at radius 2 is 2.06 bits per heavy atom. The van der Waals surface area contributed by atoms with Gasteiger partial charge in [0.1, 0.15) is 0 Å². The van der Waals surface area contributed by atoms with E-state index in [4.69, 9.17) is 0 Å². The SMILES string of the molecule is CC12C(=O)OC(=O)C1C1C(C(=O)OC=O)C12C. The van der Waals surface area contributed by atoms with E-state index in [-0.39, 0.29) is 12.4 Å². The van der Waals surface area contributed by atoms with Gasteiger partial charge in [-0.1, -0.05) is 6.92 Å². The minimum Gasteiger partial charge on any atom is -0.395 e. The Morgan fingerprint density at radius 1 is 1.41 bits per heavy atom. The third kappa shape index (κ3) is 0.788. The van der Waals surface area contributed by atoms with Crippen molar-refractivity contribution < 1.29 is 28.7 Å². The molecule has 0 radical (unpaired) electrons. The summed E-state index contributed by atoms with van der Waals surface area (Å²) in [6, 6.07) is 0. The van der Waals surface area contributed by atoms with Gasteiger partial charge in [-0.25, -0.2) is 0 Å². The first-order valence-corrected chi connectivity index (χ1v) is 5.31. The molecule has 0 N–H and O–H groups in total. The highest BCUT2D eigenvalue weighted by Gasteiger charge is 2.93. The highest BCUT2D eigenvalue weighted by atomic mass is 16.6. The van der Waals surface area contributed by atoms with E-state index < -0.39 is 40.6 Å². The largest absolute Gasteiger partial charge is 0.395 e. The first kappa shape index (κ1) is 10.4. The van der Waals surface area contributed by atoms with Crippen LogP contribution in [-0.2, 0) is 28.7 Å². The molecule has 0 aromatic carbocycles. The Labute approximate surface area is 96.2 Å². The topological polar surface area (TPSA) is 86.7 Å². The molecule has 1 aliphatic heterocycles. The van der Waals surface area contributed by atoms with E-state index in [0.29, 0.717) is 0 Å². The zero-order chi connectivity index (χ0) is 12.6. The molecule has 0 amide bonds. The van der Waals surface area contributed by atoms with Crippen molar-refractivity contribution >= 4 is 24.4 Å². The number of ether oxygens (including phenoxy) is 2. The van der Waals surface area contributed by atoms with Crippen LogP contribution in [0.4, 0.5) is 0 Å². The Kier molecular flexibility index (Phi) is 1.58. The molecule has 3 aliphatic rings. The van der Waals surface area contributed by atoms with Crippen LogP contribution in [0.15, 0.2) is 0 Å². The molecule has 3 rings (SSSR count). The van der Waals surface area contributed by atoms with Crippen molar-refractivity contribution in [3.8, 4) is 0 Å². The summed E-state index contributed by atoms with van der Waals surface area (Å²) in [6.45, 7) is 3.46. The van der Waals surface area contributed by atoms with Gasteiger partial charge in [-0.3, -0.25) is 19.2 Å². The van der Waals surface area contributed by atoms with E-state index in [2.05, 4.69) is 9.47 Å². The van der Waals surface area contributed by atoms with E-state index >= 15 is 0 Å². The minimum atomic E-state index is -0.943. The van der Waals surface area contributed by atoms with Crippen molar-refractivity contribution in [1.29, 1.82) is 0 Å². The van der Waals surface area contributed by atoms with Crippen molar-refractivity contribution in [2.75, 3.05) is 0 Å². The third-order valence-corrected chi connectivity index (χ3v) is 4.98. The normalized spacial score (nSPS) is 49.6. The summed E-state index contributed by atoms with van der Waals surface area (Å²) >= 11 is 0. The minimum absolute atomic E-state index is 0.0711. The molecule has 6 heteroatoms. The highest BCUT2D eigenvalue weighted by molar-refractivity contribution is 6.05. The van der Waals surface area contributed by atoms with Crippen LogP contribution in [0.1, 0.15) is 13.8 Å². The smallest absolute Gasteiger partial charge is 0.320 e. The molecule has 0 bridgehead atoms. The Bertz CT molecular complexity index is 482. The maximum Gasteiger partial charge on any atom is 0.320 e. The molecule has 2 saturated carbocycles. The average Bonchev–Trinajstić information content (AvgIpc) is 2.73. The van der Waals surface area contributed by atoms with Gasteiger partial charge < -0.3 is 9.47 Å². The maximum absolute atomic E-state index is 11.7. The number of rotatable bonds is 2. The van der Waals surface area contributed by atoms with Gasteiger partial charge in [0.25, 0.3) is 0 Å². The lowest BCUT2D eigenvalue weighted by atomic mass is 9.55. The van der Waals surface area contributed by atoms with Crippen LogP contribution in [0.25, 0.3) is 0 Å². The molecule has 1 saturated heterocycles. The molecule has 5 unspecified atom stereocenters. The molecule has 0 aromatic rings. The number of esters is 3. The molecule has 17 heavy (non-hydrogen) atoms. The number of carbonyl (C=O) groups is 4. The van der Waals surface area contributed by atoms with Gasteiger partial charge in [-0.2, -0.15) is 0 Å². The van der Waals surface area contributed by atoms with Gasteiger partial charge in [0.05, 0.1) is 17.3 Å². The van der Waals surface area contributed by atoms with Crippen molar-refractivity contribution in [2.24, 2.45) is 28.6 Å². The van der Waals surface area contributed by atoms with E-state index in [9.17, 15) is 19.2 Å².